The minimum atomic E-state index is -0.107. The van der Waals surface area contributed by atoms with Crippen LogP contribution in [0.25, 0.3) is 0 Å². The van der Waals surface area contributed by atoms with Crippen molar-refractivity contribution in [2.45, 2.75) is 13.3 Å². The lowest BCUT2D eigenvalue weighted by atomic mass is 10.1. The second-order valence-electron chi connectivity index (χ2n) is 4.64. The number of hydrogen-bond acceptors (Lipinski definition) is 3. The second-order valence-corrected chi connectivity index (χ2v) is 4.64. The first-order valence-corrected chi connectivity index (χ1v) is 5.83. The molecule has 2 atom stereocenters. The van der Waals surface area contributed by atoms with Gasteiger partial charge in [-0.05, 0) is 30.4 Å². The Morgan fingerprint density at radius 2 is 2.29 bits per heavy atom. The third kappa shape index (κ3) is 2.70. The van der Waals surface area contributed by atoms with Crippen LogP contribution >= 0.6 is 0 Å². The van der Waals surface area contributed by atoms with Gasteiger partial charge in [-0.3, -0.25) is 4.79 Å². The molecule has 2 rings (SSSR count). The van der Waals surface area contributed by atoms with Crippen molar-refractivity contribution in [3.05, 3.63) is 23.8 Å². The van der Waals surface area contributed by atoms with E-state index in [1.807, 2.05) is 0 Å². The zero-order chi connectivity index (χ0) is 12.4. The first kappa shape index (κ1) is 11.8. The van der Waals surface area contributed by atoms with E-state index in [0.29, 0.717) is 22.9 Å². The standard InChI is InChI=1S/C13H18N2O2/c1-8-5-9(8)7-15-13(16)11-4-3-10(17-2)6-12(11)14/h3-4,6,8-9H,5,7,14H2,1-2H3,(H,15,16). The van der Waals surface area contributed by atoms with Crippen LogP contribution in [0.15, 0.2) is 18.2 Å². The van der Waals surface area contributed by atoms with Crippen molar-refractivity contribution in [2.24, 2.45) is 11.8 Å². The van der Waals surface area contributed by atoms with Crippen LogP contribution in [-0.4, -0.2) is 19.6 Å². The molecule has 0 spiro atoms. The normalized spacial score (nSPS) is 22.0. The van der Waals surface area contributed by atoms with Gasteiger partial charge in [0, 0.05) is 18.3 Å². The summed E-state index contributed by atoms with van der Waals surface area (Å²) in [5, 5.41) is 2.91. The number of nitrogens with two attached hydrogens (primary N) is 1. The van der Waals surface area contributed by atoms with E-state index in [2.05, 4.69) is 12.2 Å². The van der Waals surface area contributed by atoms with Crippen LogP contribution in [0.1, 0.15) is 23.7 Å². The quantitative estimate of drug-likeness (QED) is 0.779. The molecule has 17 heavy (non-hydrogen) atoms. The summed E-state index contributed by atoms with van der Waals surface area (Å²) in [5.41, 5.74) is 6.77. The minimum Gasteiger partial charge on any atom is -0.497 e. The lowest BCUT2D eigenvalue weighted by Gasteiger charge is -2.08. The summed E-state index contributed by atoms with van der Waals surface area (Å²) in [6.07, 6.45) is 1.21. The maximum Gasteiger partial charge on any atom is 0.253 e. The molecule has 4 heteroatoms. The van der Waals surface area contributed by atoms with Crippen molar-refractivity contribution in [1.82, 2.24) is 5.32 Å². The Hall–Kier alpha value is -1.71. The molecular formula is C13H18N2O2. The van der Waals surface area contributed by atoms with Gasteiger partial charge >= 0.3 is 0 Å². The third-order valence-corrected chi connectivity index (χ3v) is 3.30. The summed E-state index contributed by atoms with van der Waals surface area (Å²) in [7, 11) is 1.57. The van der Waals surface area contributed by atoms with Gasteiger partial charge in [-0.2, -0.15) is 0 Å². The molecule has 0 aliphatic heterocycles. The largest absolute Gasteiger partial charge is 0.497 e. The van der Waals surface area contributed by atoms with Crippen molar-refractivity contribution in [1.29, 1.82) is 0 Å². The summed E-state index contributed by atoms with van der Waals surface area (Å²) < 4.78 is 5.04. The Morgan fingerprint density at radius 1 is 1.59 bits per heavy atom. The van der Waals surface area contributed by atoms with Gasteiger partial charge in [0.25, 0.3) is 5.91 Å². The highest BCUT2D eigenvalue weighted by molar-refractivity contribution is 5.99. The van der Waals surface area contributed by atoms with Crippen LogP contribution in [-0.2, 0) is 0 Å². The van der Waals surface area contributed by atoms with Gasteiger partial charge in [-0.15, -0.1) is 0 Å². The molecule has 2 unspecified atom stereocenters. The average molecular weight is 234 g/mol. The number of nitrogen functional groups attached to an aromatic ring is 1. The Morgan fingerprint density at radius 3 is 2.82 bits per heavy atom. The number of carbonyl (C=O) groups excluding carboxylic acids is 1. The first-order chi connectivity index (χ1) is 8.11. The van der Waals surface area contributed by atoms with Crippen molar-refractivity contribution in [3.63, 3.8) is 0 Å². The molecule has 0 saturated heterocycles. The molecule has 4 nitrogen and oxygen atoms in total. The van der Waals surface area contributed by atoms with Gasteiger partial charge in [0.15, 0.2) is 0 Å². The van der Waals surface area contributed by atoms with Crippen LogP contribution in [0.4, 0.5) is 5.69 Å². The second kappa shape index (κ2) is 4.65. The molecule has 1 aromatic carbocycles. The van der Waals surface area contributed by atoms with Crippen LogP contribution in [0.5, 0.6) is 5.75 Å². The van der Waals surface area contributed by atoms with Gasteiger partial charge in [-0.25, -0.2) is 0 Å². The summed E-state index contributed by atoms with van der Waals surface area (Å²) in [6.45, 7) is 2.93. The van der Waals surface area contributed by atoms with Crippen molar-refractivity contribution in [2.75, 3.05) is 19.4 Å². The van der Waals surface area contributed by atoms with Gasteiger partial charge in [-0.1, -0.05) is 6.92 Å². The number of nitrogens with one attached hydrogen (secondary N) is 1. The third-order valence-electron chi connectivity index (χ3n) is 3.30. The van der Waals surface area contributed by atoms with Gasteiger partial charge < -0.3 is 15.8 Å². The predicted octanol–water partition coefficient (Wildman–Crippen LogP) is 1.66. The molecule has 92 valence electrons. The van der Waals surface area contributed by atoms with Crippen LogP contribution < -0.4 is 15.8 Å². The number of carbonyl (C=O) groups is 1. The summed E-state index contributed by atoms with van der Waals surface area (Å²) >= 11 is 0. The van der Waals surface area contributed by atoms with Crippen molar-refractivity contribution in [3.8, 4) is 5.75 Å². The Labute approximate surface area is 101 Å². The number of hydrogen-bond donors (Lipinski definition) is 2. The van der Waals surface area contributed by atoms with E-state index in [-0.39, 0.29) is 5.91 Å². The van der Waals surface area contributed by atoms with Crippen molar-refractivity contribution >= 4 is 11.6 Å². The fourth-order valence-corrected chi connectivity index (χ4v) is 1.88. The minimum absolute atomic E-state index is 0.107. The smallest absolute Gasteiger partial charge is 0.253 e. The Kier molecular flexibility index (Phi) is 3.22. The lowest BCUT2D eigenvalue weighted by molar-refractivity contribution is 0.0952. The summed E-state index contributed by atoms with van der Waals surface area (Å²) in [5.74, 6) is 1.93. The SMILES string of the molecule is COc1ccc(C(=O)NCC2CC2C)c(N)c1. The van der Waals surface area contributed by atoms with Crippen LogP contribution in [0.2, 0.25) is 0 Å². The monoisotopic (exact) mass is 234 g/mol. The highest BCUT2D eigenvalue weighted by Crippen LogP contribution is 2.36. The molecule has 3 N–H and O–H groups in total. The van der Waals surface area contributed by atoms with E-state index in [0.717, 1.165) is 12.5 Å². The number of anilines is 1. The van der Waals surface area contributed by atoms with Crippen molar-refractivity contribution < 1.29 is 9.53 Å². The molecule has 1 aromatic rings. The Bertz CT molecular complexity index is 431. The van der Waals surface area contributed by atoms with Gasteiger partial charge in [0.1, 0.15) is 5.75 Å². The maximum absolute atomic E-state index is 11.9. The Balaban J connectivity index is 1.98. The predicted molar refractivity (Wildman–Crippen MR) is 67.0 cm³/mol. The fraction of sp³-hybridized carbons (Fsp3) is 0.462. The molecule has 1 aliphatic carbocycles. The molecule has 0 aromatic heterocycles. The molecule has 0 radical (unpaired) electrons. The summed E-state index contributed by atoms with van der Waals surface area (Å²) in [4.78, 5) is 11.9. The number of benzene rings is 1. The molecule has 1 amide bonds. The molecule has 0 heterocycles. The summed E-state index contributed by atoms with van der Waals surface area (Å²) in [6, 6.07) is 5.10. The number of rotatable bonds is 4. The number of ether oxygens (including phenoxy) is 1. The molecule has 1 fully saturated rings. The highest BCUT2D eigenvalue weighted by atomic mass is 16.5. The number of methoxy groups -OCH3 is 1. The van der Waals surface area contributed by atoms with E-state index in [4.69, 9.17) is 10.5 Å². The molecular weight excluding hydrogens is 216 g/mol. The number of amides is 1. The van der Waals surface area contributed by atoms with E-state index >= 15 is 0 Å². The maximum atomic E-state index is 11.9. The van der Waals surface area contributed by atoms with E-state index in [1.54, 1.807) is 25.3 Å². The van der Waals surface area contributed by atoms with E-state index < -0.39 is 0 Å². The molecule has 0 bridgehead atoms. The van der Waals surface area contributed by atoms with Gasteiger partial charge in [0.2, 0.25) is 0 Å². The zero-order valence-electron chi connectivity index (χ0n) is 10.2. The highest BCUT2D eigenvalue weighted by Gasteiger charge is 2.32. The topological polar surface area (TPSA) is 64.3 Å². The van der Waals surface area contributed by atoms with Crippen LogP contribution in [0, 0.1) is 11.8 Å². The lowest BCUT2D eigenvalue weighted by Crippen LogP contribution is -2.26. The molecule has 1 aliphatic rings. The fourth-order valence-electron chi connectivity index (χ4n) is 1.88. The first-order valence-electron chi connectivity index (χ1n) is 5.83. The van der Waals surface area contributed by atoms with E-state index in [1.165, 1.54) is 6.42 Å². The van der Waals surface area contributed by atoms with E-state index in [9.17, 15) is 4.79 Å². The molecule has 1 saturated carbocycles. The van der Waals surface area contributed by atoms with Gasteiger partial charge in [0.05, 0.1) is 12.7 Å². The zero-order valence-corrected chi connectivity index (χ0v) is 10.2. The van der Waals surface area contributed by atoms with Crippen LogP contribution in [0.3, 0.4) is 0 Å². The average Bonchev–Trinajstić information content (AvgIpc) is 3.02.